The molecule has 6 nitrogen and oxygen atoms in total. The molecule has 0 bridgehead atoms. The molecule has 0 spiro atoms. The number of aromatic amines is 1. The van der Waals surface area contributed by atoms with Crippen molar-refractivity contribution in [2.45, 2.75) is 18.5 Å². The Hall–Kier alpha value is -2.16. The number of nitrogens with zero attached hydrogens (tertiary/aromatic N) is 1. The summed E-state index contributed by atoms with van der Waals surface area (Å²) in [5.74, 6) is -0.443. The number of ether oxygens (including phenoxy) is 1. The summed E-state index contributed by atoms with van der Waals surface area (Å²) in [6, 6.07) is 3.45. The van der Waals surface area contributed by atoms with E-state index in [1.807, 2.05) is 17.5 Å². The predicted octanol–water partition coefficient (Wildman–Crippen LogP) is 2.66. The Morgan fingerprint density at radius 3 is 3.12 bits per heavy atom. The molecule has 3 aromatic heterocycles. The Morgan fingerprint density at radius 1 is 1.50 bits per heavy atom. The van der Waals surface area contributed by atoms with E-state index >= 15 is 0 Å². The molecule has 1 saturated heterocycles. The van der Waals surface area contributed by atoms with Gasteiger partial charge >= 0.3 is 0 Å². The van der Waals surface area contributed by atoms with E-state index in [9.17, 15) is 9.50 Å². The van der Waals surface area contributed by atoms with Crippen LogP contribution in [0.4, 0.5) is 10.2 Å². The molecule has 0 aromatic carbocycles. The number of halogens is 1. The number of nitrogens with one attached hydrogen (secondary N) is 2. The Labute approximate surface area is 141 Å². The van der Waals surface area contributed by atoms with Crippen molar-refractivity contribution in [1.29, 1.82) is 0 Å². The van der Waals surface area contributed by atoms with Gasteiger partial charge in [-0.25, -0.2) is 9.37 Å². The molecular formula is C16H17FN4O2S. The van der Waals surface area contributed by atoms with Crippen molar-refractivity contribution in [3.63, 3.8) is 0 Å². The molecule has 24 heavy (non-hydrogen) atoms. The first-order valence-corrected chi connectivity index (χ1v) is 8.56. The maximum absolute atomic E-state index is 14.9. The van der Waals surface area contributed by atoms with Gasteiger partial charge in [-0.2, -0.15) is 0 Å². The van der Waals surface area contributed by atoms with Gasteiger partial charge in [0.25, 0.3) is 0 Å². The van der Waals surface area contributed by atoms with E-state index < -0.39 is 5.82 Å². The third-order valence-electron chi connectivity index (χ3n) is 4.24. The Bertz CT molecular complexity index is 865. The molecule has 0 radical (unpaired) electrons. The van der Waals surface area contributed by atoms with Gasteiger partial charge in [-0.3, -0.25) is 0 Å². The summed E-state index contributed by atoms with van der Waals surface area (Å²) in [5, 5.41) is 15.8. The molecule has 8 heteroatoms. The van der Waals surface area contributed by atoms with Gasteiger partial charge in [-0.1, -0.05) is 6.07 Å². The highest BCUT2D eigenvalue weighted by molar-refractivity contribution is 7.13. The molecule has 5 N–H and O–H groups in total. The summed E-state index contributed by atoms with van der Waals surface area (Å²) in [5.41, 5.74) is 6.59. The molecule has 1 aliphatic rings. The normalized spacial score (nSPS) is 21.2. The number of H-pyrrole nitrogens is 1. The molecule has 126 valence electrons. The number of hydrogen-bond acceptors (Lipinski definition) is 6. The second-order valence-electron chi connectivity index (χ2n) is 5.80. The Kier molecular flexibility index (Phi) is 3.87. The quantitative estimate of drug-likeness (QED) is 0.584. The first-order chi connectivity index (χ1) is 11.6. The SMILES string of the molecule is N[C@H]1COCC[C@H]1Nc1nc(-c2cccs2)c2c(O)[nH]cc2c1F. The number of rotatable bonds is 3. The van der Waals surface area contributed by atoms with Gasteiger partial charge in [-0.05, 0) is 17.9 Å². The van der Waals surface area contributed by atoms with Crippen LogP contribution >= 0.6 is 11.3 Å². The van der Waals surface area contributed by atoms with E-state index in [-0.39, 0.29) is 23.8 Å². The summed E-state index contributed by atoms with van der Waals surface area (Å²) in [6.07, 6.45) is 2.14. The number of thiophene rings is 1. The topological polar surface area (TPSA) is 96.2 Å². The molecule has 0 aliphatic carbocycles. The number of nitrogens with two attached hydrogens (primary N) is 1. The van der Waals surface area contributed by atoms with Crippen molar-refractivity contribution in [2.75, 3.05) is 18.5 Å². The zero-order chi connectivity index (χ0) is 16.7. The molecular weight excluding hydrogens is 331 g/mol. The number of aromatic nitrogens is 2. The van der Waals surface area contributed by atoms with Crippen molar-refractivity contribution < 1.29 is 14.2 Å². The summed E-state index contributed by atoms with van der Waals surface area (Å²) in [4.78, 5) is 7.98. The van der Waals surface area contributed by atoms with Crippen LogP contribution in [0.5, 0.6) is 5.88 Å². The zero-order valence-electron chi connectivity index (χ0n) is 12.8. The van der Waals surface area contributed by atoms with Gasteiger partial charge < -0.3 is 25.9 Å². The molecule has 0 amide bonds. The number of anilines is 1. The zero-order valence-corrected chi connectivity index (χ0v) is 13.6. The van der Waals surface area contributed by atoms with Crippen molar-refractivity contribution in [3.8, 4) is 16.5 Å². The summed E-state index contributed by atoms with van der Waals surface area (Å²) < 4.78 is 20.2. The standard InChI is InChI=1S/C16H17FN4O2S/c17-13-8-6-19-16(22)12(8)14(11-2-1-5-24-11)21-15(13)20-10-3-4-23-7-9(10)18/h1-2,5-6,9-10,19-20,22H,3-4,7,18H2/t9-,10+/m0/s1. The van der Waals surface area contributed by atoms with Crippen molar-refractivity contribution >= 4 is 27.9 Å². The molecule has 1 fully saturated rings. The van der Waals surface area contributed by atoms with Crippen molar-refractivity contribution in [3.05, 3.63) is 29.5 Å². The van der Waals surface area contributed by atoms with Crippen LogP contribution in [-0.2, 0) is 4.74 Å². The average Bonchev–Trinajstić information content (AvgIpc) is 3.23. The highest BCUT2D eigenvalue weighted by Crippen LogP contribution is 2.38. The lowest BCUT2D eigenvalue weighted by Crippen LogP contribution is -2.47. The van der Waals surface area contributed by atoms with E-state index in [4.69, 9.17) is 10.5 Å². The van der Waals surface area contributed by atoms with Crippen LogP contribution in [0.15, 0.2) is 23.7 Å². The van der Waals surface area contributed by atoms with Crippen molar-refractivity contribution in [2.24, 2.45) is 5.73 Å². The molecule has 3 aromatic rings. The largest absolute Gasteiger partial charge is 0.494 e. The fourth-order valence-corrected chi connectivity index (χ4v) is 3.69. The highest BCUT2D eigenvalue weighted by Gasteiger charge is 2.26. The number of hydrogen-bond donors (Lipinski definition) is 4. The molecule has 0 unspecified atom stereocenters. The smallest absolute Gasteiger partial charge is 0.198 e. The Balaban J connectivity index is 1.82. The lowest BCUT2D eigenvalue weighted by Gasteiger charge is -2.30. The van der Waals surface area contributed by atoms with Crippen LogP contribution in [0.25, 0.3) is 21.3 Å². The van der Waals surface area contributed by atoms with E-state index in [0.29, 0.717) is 36.1 Å². The van der Waals surface area contributed by atoms with Crippen LogP contribution in [0.1, 0.15) is 6.42 Å². The summed E-state index contributed by atoms with van der Waals surface area (Å²) in [6.45, 7) is 1.02. The summed E-state index contributed by atoms with van der Waals surface area (Å²) >= 11 is 1.48. The number of pyridine rings is 1. The maximum Gasteiger partial charge on any atom is 0.198 e. The maximum atomic E-state index is 14.9. The minimum Gasteiger partial charge on any atom is -0.494 e. The van der Waals surface area contributed by atoms with Crippen LogP contribution in [0.3, 0.4) is 0 Å². The average molecular weight is 348 g/mol. The minimum atomic E-state index is -0.499. The van der Waals surface area contributed by atoms with E-state index in [2.05, 4.69) is 15.3 Å². The van der Waals surface area contributed by atoms with E-state index in [1.54, 1.807) is 0 Å². The first kappa shape index (κ1) is 15.4. The van der Waals surface area contributed by atoms with Crippen molar-refractivity contribution in [1.82, 2.24) is 9.97 Å². The fourth-order valence-electron chi connectivity index (χ4n) is 2.97. The highest BCUT2D eigenvalue weighted by atomic mass is 32.1. The third-order valence-corrected chi connectivity index (χ3v) is 5.12. The second kappa shape index (κ2) is 6.04. The van der Waals surface area contributed by atoms with Gasteiger partial charge in [0.15, 0.2) is 17.5 Å². The van der Waals surface area contributed by atoms with Gasteiger partial charge in [0.05, 0.1) is 22.6 Å². The lowest BCUT2D eigenvalue weighted by atomic mass is 10.0. The van der Waals surface area contributed by atoms with Gasteiger partial charge in [0, 0.05) is 30.3 Å². The minimum absolute atomic E-state index is 0.0888. The number of fused-ring (bicyclic) bond motifs is 1. The molecule has 0 saturated carbocycles. The lowest BCUT2D eigenvalue weighted by molar-refractivity contribution is 0.0751. The van der Waals surface area contributed by atoms with E-state index in [1.165, 1.54) is 17.5 Å². The summed E-state index contributed by atoms with van der Waals surface area (Å²) in [7, 11) is 0. The third kappa shape index (κ3) is 2.52. The monoisotopic (exact) mass is 348 g/mol. The second-order valence-corrected chi connectivity index (χ2v) is 6.75. The first-order valence-electron chi connectivity index (χ1n) is 7.68. The molecule has 2 atom stereocenters. The van der Waals surface area contributed by atoms with Gasteiger partial charge in [0.1, 0.15) is 0 Å². The van der Waals surface area contributed by atoms with Gasteiger partial charge in [0.2, 0.25) is 0 Å². The fraction of sp³-hybridized carbons (Fsp3) is 0.312. The van der Waals surface area contributed by atoms with E-state index in [0.717, 1.165) is 4.88 Å². The van der Waals surface area contributed by atoms with Crippen LogP contribution in [0.2, 0.25) is 0 Å². The molecule has 1 aliphatic heterocycles. The van der Waals surface area contributed by atoms with Crippen LogP contribution < -0.4 is 11.1 Å². The van der Waals surface area contributed by atoms with Crippen LogP contribution in [0, 0.1) is 5.82 Å². The predicted molar refractivity (Wildman–Crippen MR) is 91.9 cm³/mol. The van der Waals surface area contributed by atoms with Gasteiger partial charge in [-0.15, -0.1) is 11.3 Å². The molecule has 4 rings (SSSR count). The van der Waals surface area contributed by atoms with Crippen LogP contribution in [-0.4, -0.2) is 40.4 Å². The Morgan fingerprint density at radius 2 is 2.38 bits per heavy atom. The number of aromatic hydroxyl groups is 1. The molecule has 4 heterocycles.